The number of likely N-dealkylation sites (tertiary alicyclic amines) is 1. The highest BCUT2D eigenvalue weighted by atomic mass is 32.1. The van der Waals surface area contributed by atoms with Gasteiger partial charge in [0, 0.05) is 43.2 Å². The largest absolute Gasteiger partial charge is 0.337 e. The van der Waals surface area contributed by atoms with E-state index in [9.17, 15) is 4.79 Å². The fourth-order valence-electron chi connectivity index (χ4n) is 3.68. The minimum atomic E-state index is 0.0855. The Balaban J connectivity index is 1.61. The summed E-state index contributed by atoms with van der Waals surface area (Å²) in [5.41, 5.74) is 3.90. The van der Waals surface area contributed by atoms with E-state index >= 15 is 0 Å². The van der Waals surface area contributed by atoms with Gasteiger partial charge in [0.2, 0.25) is 0 Å². The summed E-state index contributed by atoms with van der Waals surface area (Å²) in [5.74, 6) is 0.283. The number of piperidine rings is 1. The van der Waals surface area contributed by atoms with Crippen molar-refractivity contribution in [3.8, 4) is 11.1 Å². The van der Waals surface area contributed by atoms with Crippen molar-refractivity contribution in [2.24, 2.45) is 0 Å². The summed E-state index contributed by atoms with van der Waals surface area (Å²) < 4.78 is 0. The van der Waals surface area contributed by atoms with Crippen molar-refractivity contribution in [2.45, 2.75) is 32.6 Å². The van der Waals surface area contributed by atoms with Gasteiger partial charge in [0.25, 0.3) is 5.91 Å². The molecule has 6 nitrogen and oxygen atoms in total. The first-order chi connectivity index (χ1) is 13.1. The minimum Gasteiger partial charge on any atom is -0.337 e. The summed E-state index contributed by atoms with van der Waals surface area (Å²) in [6.07, 6.45) is 8.98. The van der Waals surface area contributed by atoms with Crippen LogP contribution in [0.1, 0.15) is 44.8 Å². The van der Waals surface area contributed by atoms with Crippen LogP contribution < -0.4 is 0 Å². The van der Waals surface area contributed by atoms with Gasteiger partial charge in [-0.1, -0.05) is 0 Å². The SMILES string of the molecule is Cc1nc(C)c(C(=O)N2CCC[C@@H](c3ncncc3-c3ccncc3)C2)s1. The van der Waals surface area contributed by atoms with Crippen LogP contribution in [0.3, 0.4) is 0 Å². The van der Waals surface area contributed by atoms with Gasteiger partial charge < -0.3 is 4.90 Å². The number of hydrogen-bond donors (Lipinski definition) is 0. The Hall–Kier alpha value is -2.67. The number of hydrogen-bond acceptors (Lipinski definition) is 6. The third-order valence-corrected chi connectivity index (χ3v) is 5.99. The number of carbonyl (C=O) groups excluding carboxylic acids is 1. The second-order valence-electron chi connectivity index (χ2n) is 6.80. The fraction of sp³-hybridized carbons (Fsp3) is 0.350. The lowest BCUT2D eigenvalue weighted by Crippen LogP contribution is -2.39. The molecule has 1 amide bonds. The summed E-state index contributed by atoms with van der Waals surface area (Å²) in [6.45, 7) is 5.30. The lowest BCUT2D eigenvalue weighted by atomic mass is 9.90. The van der Waals surface area contributed by atoms with Crippen LogP contribution in [-0.2, 0) is 0 Å². The van der Waals surface area contributed by atoms with E-state index in [1.54, 1.807) is 18.7 Å². The Kier molecular flexibility index (Phi) is 4.94. The summed E-state index contributed by atoms with van der Waals surface area (Å²) in [6, 6.07) is 3.94. The van der Waals surface area contributed by atoms with Crippen LogP contribution in [-0.4, -0.2) is 43.8 Å². The molecule has 0 spiro atoms. The second kappa shape index (κ2) is 7.52. The molecule has 4 heterocycles. The van der Waals surface area contributed by atoms with Gasteiger partial charge in [-0.15, -0.1) is 11.3 Å². The Morgan fingerprint density at radius 3 is 2.78 bits per heavy atom. The molecule has 0 bridgehead atoms. The smallest absolute Gasteiger partial charge is 0.265 e. The third-order valence-electron chi connectivity index (χ3n) is 4.93. The van der Waals surface area contributed by atoms with E-state index in [1.165, 1.54) is 11.3 Å². The number of aryl methyl sites for hydroxylation is 2. The first-order valence-electron chi connectivity index (χ1n) is 9.07. The summed E-state index contributed by atoms with van der Waals surface area (Å²) in [5, 5.41) is 0.931. The van der Waals surface area contributed by atoms with Crippen LogP contribution in [0, 0.1) is 13.8 Å². The highest BCUT2D eigenvalue weighted by Gasteiger charge is 2.29. The van der Waals surface area contributed by atoms with Gasteiger partial charge in [-0.25, -0.2) is 15.0 Å². The Morgan fingerprint density at radius 1 is 1.22 bits per heavy atom. The molecule has 1 fully saturated rings. The molecule has 27 heavy (non-hydrogen) atoms. The molecule has 1 aliphatic heterocycles. The van der Waals surface area contributed by atoms with Crippen molar-refractivity contribution in [3.05, 3.63) is 58.3 Å². The molecule has 4 rings (SSSR count). The van der Waals surface area contributed by atoms with Gasteiger partial charge in [0.15, 0.2) is 0 Å². The molecule has 1 atom stereocenters. The number of amides is 1. The Morgan fingerprint density at radius 2 is 2.04 bits per heavy atom. The molecule has 0 unspecified atom stereocenters. The van der Waals surface area contributed by atoms with Crippen LogP contribution in [0.25, 0.3) is 11.1 Å². The third kappa shape index (κ3) is 3.60. The minimum absolute atomic E-state index is 0.0855. The predicted octanol–water partition coefficient (Wildman–Crippen LogP) is 3.63. The standard InChI is InChI=1S/C20H21N5OS/c1-13-19(27-14(2)24-13)20(26)25-9-3-4-16(11-25)18-17(10-22-12-23-18)15-5-7-21-8-6-15/h5-8,10,12,16H,3-4,9,11H2,1-2H3/t16-/m1/s1. The molecule has 3 aromatic rings. The van der Waals surface area contributed by atoms with Gasteiger partial charge in [-0.2, -0.15) is 0 Å². The maximum absolute atomic E-state index is 13.0. The van der Waals surface area contributed by atoms with E-state index < -0.39 is 0 Å². The monoisotopic (exact) mass is 379 g/mol. The highest BCUT2D eigenvalue weighted by molar-refractivity contribution is 7.13. The molecule has 7 heteroatoms. The Labute approximate surface area is 162 Å². The van der Waals surface area contributed by atoms with Crippen LogP contribution in [0.2, 0.25) is 0 Å². The van der Waals surface area contributed by atoms with Crippen molar-refractivity contribution in [1.82, 2.24) is 24.8 Å². The normalized spacial score (nSPS) is 17.1. The van der Waals surface area contributed by atoms with Crippen LogP contribution in [0.15, 0.2) is 37.1 Å². The van der Waals surface area contributed by atoms with Crippen LogP contribution >= 0.6 is 11.3 Å². The lowest BCUT2D eigenvalue weighted by molar-refractivity contribution is 0.0710. The van der Waals surface area contributed by atoms with E-state index in [0.717, 1.165) is 51.8 Å². The molecule has 0 radical (unpaired) electrons. The molecule has 0 aromatic carbocycles. The molecule has 3 aromatic heterocycles. The molecular weight excluding hydrogens is 358 g/mol. The topological polar surface area (TPSA) is 71.9 Å². The number of carbonyl (C=O) groups is 1. The summed E-state index contributed by atoms with van der Waals surface area (Å²) in [4.78, 5) is 33.0. The summed E-state index contributed by atoms with van der Waals surface area (Å²) >= 11 is 1.48. The molecule has 1 aliphatic rings. The predicted molar refractivity (Wildman–Crippen MR) is 105 cm³/mol. The first kappa shape index (κ1) is 17.7. The number of nitrogens with zero attached hydrogens (tertiary/aromatic N) is 5. The van der Waals surface area contributed by atoms with Crippen molar-refractivity contribution >= 4 is 17.2 Å². The molecule has 0 N–H and O–H groups in total. The maximum Gasteiger partial charge on any atom is 0.265 e. The molecule has 0 saturated carbocycles. The van der Waals surface area contributed by atoms with Crippen molar-refractivity contribution in [3.63, 3.8) is 0 Å². The van der Waals surface area contributed by atoms with E-state index in [0.29, 0.717) is 6.54 Å². The van der Waals surface area contributed by atoms with Crippen molar-refractivity contribution in [2.75, 3.05) is 13.1 Å². The lowest BCUT2D eigenvalue weighted by Gasteiger charge is -2.33. The highest BCUT2D eigenvalue weighted by Crippen LogP contribution is 2.33. The van der Waals surface area contributed by atoms with E-state index in [2.05, 4.69) is 19.9 Å². The average Bonchev–Trinajstić information content (AvgIpc) is 3.06. The zero-order chi connectivity index (χ0) is 18.8. The zero-order valence-corrected chi connectivity index (χ0v) is 16.2. The molecular formula is C20H21N5OS. The number of aromatic nitrogens is 4. The van der Waals surface area contributed by atoms with E-state index in [1.807, 2.05) is 37.1 Å². The quantitative estimate of drug-likeness (QED) is 0.695. The first-order valence-corrected chi connectivity index (χ1v) is 9.88. The van der Waals surface area contributed by atoms with E-state index in [-0.39, 0.29) is 11.8 Å². The summed E-state index contributed by atoms with van der Waals surface area (Å²) in [7, 11) is 0. The van der Waals surface area contributed by atoms with Crippen molar-refractivity contribution in [1.29, 1.82) is 0 Å². The average molecular weight is 379 g/mol. The maximum atomic E-state index is 13.0. The fourth-order valence-corrected chi connectivity index (χ4v) is 4.56. The van der Waals surface area contributed by atoms with Gasteiger partial charge in [0.05, 0.1) is 16.4 Å². The van der Waals surface area contributed by atoms with Crippen molar-refractivity contribution < 1.29 is 4.79 Å². The van der Waals surface area contributed by atoms with Crippen LogP contribution in [0.4, 0.5) is 0 Å². The Bertz CT molecular complexity index is 956. The van der Waals surface area contributed by atoms with E-state index in [4.69, 9.17) is 0 Å². The zero-order valence-electron chi connectivity index (χ0n) is 15.4. The number of rotatable bonds is 3. The molecule has 1 saturated heterocycles. The molecule has 0 aliphatic carbocycles. The van der Waals surface area contributed by atoms with Gasteiger partial charge in [0.1, 0.15) is 11.2 Å². The van der Waals surface area contributed by atoms with Crippen LogP contribution in [0.5, 0.6) is 0 Å². The second-order valence-corrected chi connectivity index (χ2v) is 8.00. The van der Waals surface area contributed by atoms with Gasteiger partial charge >= 0.3 is 0 Å². The number of pyridine rings is 1. The number of thiazole rings is 1. The van der Waals surface area contributed by atoms with Gasteiger partial charge in [-0.3, -0.25) is 9.78 Å². The van der Waals surface area contributed by atoms with Gasteiger partial charge in [-0.05, 0) is 44.4 Å². The molecule has 138 valence electrons.